The normalized spacial score (nSPS) is 16.7. The standard InChI is InChI=1S/C23H23N3O3/c1-3-21-24-19-13-7-6-12-18(19)23(28)26(21)25-22(27)15(2)29-20-14-8-10-16-9-4-5-11-17(16)20/h4-15,21,24H,3H2,1-2H3,(H,25,27). The van der Waals surface area contributed by atoms with Crippen LogP contribution in [0.4, 0.5) is 5.69 Å². The maximum absolute atomic E-state index is 12.9. The zero-order valence-corrected chi connectivity index (χ0v) is 16.4. The first-order valence-electron chi connectivity index (χ1n) is 9.72. The van der Waals surface area contributed by atoms with Gasteiger partial charge in [0.05, 0.1) is 5.56 Å². The molecule has 1 aliphatic heterocycles. The van der Waals surface area contributed by atoms with Crippen LogP contribution in [0, 0.1) is 0 Å². The summed E-state index contributed by atoms with van der Waals surface area (Å²) >= 11 is 0. The summed E-state index contributed by atoms with van der Waals surface area (Å²) in [6.45, 7) is 3.63. The molecule has 1 heterocycles. The zero-order chi connectivity index (χ0) is 20.4. The van der Waals surface area contributed by atoms with E-state index in [1.54, 1.807) is 19.1 Å². The molecule has 2 N–H and O–H groups in total. The Bertz CT molecular complexity index is 1060. The van der Waals surface area contributed by atoms with Crippen molar-refractivity contribution in [1.29, 1.82) is 0 Å². The highest BCUT2D eigenvalue weighted by atomic mass is 16.5. The minimum absolute atomic E-state index is 0.239. The minimum Gasteiger partial charge on any atom is -0.480 e. The van der Waals surface area contributed by atoms with Crippen LogP contribution in [0.3, 0.4) is 0 Å². The lowest BCUT2D eigenvalue weighted by atomic mass is 10.1. The molecule has 148 valence electrons. The van der Waals surface area contributed by atoms with Crippen LogP contribution in [0.2, 0.25) is 0 Å². The molecule has 0 aliphatic carbocycles. The van der Waals surface area contributed by atoms with Crippen molar-refractivity contribution in [2.45, 2.75) is 32.5 Å². The average molecular weight is 389 g/mol. The first-order valence-corrected chi connectivity index (χ1v) is 9.72. The number of benzene rings is 3. The van der Waals surface area contributed by atoms with Crippen molar-refractivity contribution < 1.29 is 14.3 Å². The van der Waals surface area contributed by atoms with Crippen molar-refractivity contribution in [3.63, 3.8) is 0 Å². The van der Waals surface area contributed by atoms with Crippen molar-refractivity contribution in [3.05, 3.63) is 72.3 Å². The predicted molar refractivity (Wildman–Crippen MR) is 112 cm³/mol. The molecule has 29 heavy (non-hydrogen) atoms. The number of ether oxygens (including phenoxy) is 1. The highest BCUT2D eigenvalue weighted by Crippen LogP contribution is 2.27. The maximum atomic E-state index is 12.9. The van der Waals surface area contributed by atoms with Crippen molar-refractivity contribution in [1.82, 2.24) is 10.4 Å². The molecule has 6 nitrogen and oxygen atoms in total. The highest BCUT2D eigenvalue weighted by Gasteiger charge is 2.33. The number of nitrogens with one attached hydrogen (secondary N) is 2. The molecular formula is C23H23N3O3. The second kappa shape index (κ2) is 7.83. The summed E-state index contributed by atoms with van der Waals surface area (Å²) < 4.78 is 5.93. The van der Waals surface area contributed by atoms with Gasteiger partial charge in [-0.3, -0.25) is 15.0 Å². The van der Waals surface area contributed by atoms with Crippen molar-refractivity contribution in [3.8, 4) is 5.75 Å². The van der Waals surface area contributed by atoms with Crippen LogP contribution in [0.1, 0.15) is 30.6 Å². The number of amides is 2. The van der Waals surface area contributed by atoms with Gasteiger partial charge in [0, 0.05) is 11.1 Å². The van der Waals surface area contributed by atoms with Gasteiger partial charge in [0.25, 0.3) is 11.8 Å². The van der Waals surface area contributed by atoms with Crippen LogP contribution in [0.25, 0.3) is 10.8 Å². The Labute approximate surface area is 169 Å². The Hall–Kier alpha value is -3.54. The summed E-state index contributed by atoms with van der Waals surface area (Å²) in [6.07, 6.45) is -0.465. The van der Waals surface area contributed by atoms with E-state index in [4.69, 9.17) is 4.74 Å². The fourth-order valence-corrected chi connectivity index (χ4v) is 3.48. The number of anilines is 1. The third-order valence-corrected chi connectivity index (χ3v) is 5.05. The Kier molecular flexibility index (Phi) is 5.08. The Morgan fingerprint density at radius 1 is 1.10 bits per heavy atom. The molecule has 0 aromatic heterocycles. The van der Waals surface area contributed by atoms with Crippen molar-refractivity contribution in [2.24, 2.45) is 0 Å². The number of hydrogen-bond donors (Lipinski definition) is 2. The second-order valence-corrected chi connectivity index (χ2v) is 7.00. The Balaban J connectivity index is 1.51. The molecule has 3 aromatic carbocycles. The lowest BCUT2D eigenvalue weighted by molar-refractivity contribution is -0.132. The molecule has 0 saturated carbocycles. The van der Waals surface area contributed by atoms with Crippen molar-refractivity contribution in [2.75, 3.05) is 5.32 Å². The van der Waals surface area contributed by atoms with Gasteiger partial charge < -0.3 is 10.1 Å². The maximum Gasteiger partial charge on any atom is 0.279 e. The molecule has 2 atom stereocenters. The predicted octanol–water partition coefficient (Wildman–Crippen LogP) is 3.94. The summed E-state index contributed by atoms with van der Waals surface area (Å²) in [7, 11) is 0. The summed E-state index contributed by atoms with van der Waals surface area (Å²) in [6, 6.07) is 20.8. The zero-order valence-electron chi connectivity index (χ0n) is 16.4. The van der Waals surface area contributed by atoms with Gasteiger partial charge in [0.2, 0.25) is 0 Å². The van der Waals surface area contributed by atoms with E-state index >= 15 is 0 Å². The van der Waals surface area contributed by atoms with E-state index in [1.807, 2.05) is 61.5 Å². The summed E-state index contributed by atoms with van der Waals surface area (Å²) in [5.41, 5.74) is 4.04. The van der Waals surface area contributed by atoms with Crippen LogP contribution in [-0.4, -0.2) is 29.1 Å². The van der Waals surface area contributed by atoms with Crippen LogP contribution in [0.5, 0.6) is 5.75 Å². The molecule has 0 fully saturated rings. The number of carbonyl (C=O) groups excluding carboxylic acids is 2. The van der Waals surface area contributed by atoms with E-state index < -0.39 is 6.10 Å². The second-order valence-electron chi connectivity index (χ2n) is 7.00. The molecule has 0 spiro atoms. The van der Waals surface area contributed by atoms with E-state index in [2.05, 4.69) is 10.7 Å². The third-order valence-electron chi connectivity index (χ3n) is 5.05. The largest absolute Gasteiger partial charge is 0.480 e. The molecule has 0 saturated heterocycles. The topological polar surface area (TPSA) is 70.7 Å². The Morgan fingerprint density at radius 3 is 2.66 bits per heavy atom. The number of hydrogen-bond acceptors (Lipinski definition) is 4. The third kappa shape index (κ3) is 3.61. The van der Waals surface area contributed by atoms with Gasteiger partial charge in [-0.05, 0) is 36.9 Å². The fraction of sp³-hybridized carbons (Fsp3) is 0.217. The van der Waals surface area contributed by atoms with E-state index in [0.29, 0.717) is 17.7 Å². The number of rotatable bonds is 5. The van der Waals surface area contributed by atoms with Gasteiger partial charge in [-0.1, -0.05) is 55.5 Å². The van der Waals surface area contributed by atoms with Gasteiger partial charge in [-0.15, -0.1) is 0 Å². The number of carbonyl (C=O) groups is 2. The number of para-hydroxylation sites is 1. The molecule has 0 bridgehead atoms. The first kappa shape index (κ1) is 18.8. The molecule has 2 unspecified atom stereocenters. The van der Waals surface area contributed by atoms with Gasteiger partial charge >= 0.3 is 0 Å². The van der Waals surface area contributed by atoms with Crippen LogP contribution >= 0.6 is 0 Å². The first-order chi connectivity index (χ1) is 14.1. The smallest absolute Gasteiger partial charge is 0.279 e. The van der Waals surface area contributed by atoms with E-state index in [-0.39, 0.29) is 18.0 Å². The van der Waals surface area contributed by atoms with E-state index in [1.165, 1.54) is 5.01 Å². The SMILES string of the molecule is CCC1Nc2ccccc2C(=O)N1NC(=O)C(C)Oc1cccc2ccccc12. The number of hydrazine groups is 1. The van der Waals surface area contributed by atoms with Crippen LogP contribution < -0.4 is 15.5 Å². The number of fused-ring (bicyclic) bond motifs is 2. The monoisotopic (exact) mass is 389 g/mol. The quantitative estimate of drug-likeness (QED) is 0.693. The summed E-state index contributed by atoms with van der Waals surface area (Å²) in [5.74, 6) is 0.00839. The van der Waals surface area contributed by atoms with Crippen molar-refractivity contribution >= 4 is 28.3 Å². The van der Waals surface area contributed by atoms with Gasteiger partial charge in [-0.25, -0.2) is 5.01 Å². The van der Waals surface area contributed by atoms with E-state index in [9.17, 15) is 9.59 Å². The summed E-state index contributed by atoms with van der Waals surface area (Å²) in [5, 5.41) is 6.62. The molecule has 3 aromatic rings. The minimum atomic E-state index is -0.775. The highest BCUT2D eigenvalue weighted by molar-refractivity contribution is 6.02. The van der Waals surface area contributed by atoms with Gasteiger partial charge in [-0.2, -0.15) is 0 Å². The average Bonchev–Trinajstić information content (AvgIpc) is 2.75. The molecule has 4 rings (SSSR count). The van der Waals surface area contributed by atoms with Gasteiger partial charge in [0.15, 0.2) is 6.10 Å². The lowest BCUT2D eigenvalue weighted by Crippen LogP contribution is -2.59. The molecule has 2 amide bonds. The van der Waals surface area contributed by atoms with Gasteiger partial charge in [0.1, 0.15) is 11.9 Å². The van der Waals surface area contributed by atoms with Crippen LogP contribution in [0.15, 0.2) is 66.7 Å². The number of nitrogens with zero attached hydrogens (tertiary/aromatic N) is 1. The fourth-order valence-electron chi connectivity index (χ4n) is 3.48. The molecule has 0 radical (unpaired) electrons. The molecular weight excluding hydrogens is 366 g/mol. The van der Waals surface area contributed by atoms with Crippen LogP contribution in [-0.2, 0) is 4.79 Å². The van der Waals surface area contributed by atoms with E-state index in [0.717, 1.165) is 16.5 Å². The summed E-state index contributed by atoms with van der Waals surface area (Å²) in [4.78, 5) is 25.7. The molecule has 1 aliphatic rings. The Morgan fingerprint density at radius 2 is 1.83 bits per heavy atom. The molecule has 6 heteroatoms. The lowest BCUT2D eigenvalue weighted by Gasteiger charge is -2.37.